The molecule has 0 heterocycles. The Hall–Kier alpha value is -2.94. The van der Waals surface area contributed by atoms with Gasteiger partial charge in [0.15, 0.2) is 13.1 Å². The molecular formula is C19H28N3O6+. The molecule has 9 heteroatoms. The maximum Gasteiger partial charge on any atom is 0.339 e. The molecule has 0 aliphatic carbocycles. The van der Waals surface area contributed by atoms with Gasteiger partial charge >= 0.3 is 11.9 Å². The van der Waals surface area contributed by atoms with E-state index in [2.05, 4.69) is 10.1 Å². The molecule has 1 atom stereocenters. The third-order valence-electron chi connectivity index (χ3n) is 4.15. The predicted molar refractivity (Wildman–Crippen MR) is 102 cm³/mol. The molecule has 0 bridgehead atoms. The van der Waals surface area contributed by atoms with Gasteiger partial charge in [-0.05, 0) is 32.0 Å². The summed E-state index contributed by atoms with van der Waals surface area (Å²) in [6, 6.07) is 4.15. The average molecular weight is 394 g/mol. The van der Waals surface area contributed by atoms with Gasteiger partial charge in [0.25, 0.3) is 11.8 Å². The van der Waals surface area contributed by atoms with Crippen LogP contribution in [0.2, 0.25) is 0 Å². The quantitative estimate of drug-likeness (QED) is 0.551. The minimum Gasteiger partial charge on any atom is -0.465 e. The number of anilines is 1. The van der Waals surface area contributed by atoms with Gasteiger partial charge in [-0.3, -0.25) is 9.59 Å². The van der Waals surface area contributed by atoms with Crippen LogP contribution in [0.25, 0.3) is 0 Å². The van der Waals surface area contributed by atoms with Crippen molar-refractivity contribution >= 4 is 29.4 Å². The van der Waals surface area contributed by atoms with E-state index in [0.717, 1.165) is 0 Å². The summed E-state index contributed by atoms with van der Waals surface area (Å²) in [5.41, 5.74) is 0.436. The first kappa shape index (κ1) is 23.1. The van der Waals surface area contributed by atoms with Crippen molar-refractivity contribution in [1.82, 2.24) is 4.90 Å². The first-order valence-corrected chi connectivity index (χ1v) is 8.96. The maximum absolute atomic E-state index is 12.4. The number of methoxy groups -OCH3 is 2. The fraction of sp³-hybridized carbons (Fsp3) is 0.474. The van der Waals surface area contributed by atoms with Crippen molar-refractivity contribution in [2.45, 2.75) is 13.8 Å². The Kier molecular flexibility index (Phi) is 9.10. The summed E-state index contributed by atoms with van der Waals surface area (Å²) in [6.45, 7) is 5.19. The number of hydrogen-bond acceptors (Lipinski definition) is 6. The molecule has 0 saturated heterocycles. The maximum atomic E-state index is 12.4. The van der Waals surface area contributed by atoms with Crippen molar-refractivity contribution in [3.8, 4) is 0 Å². The smallest absolute Gasteiger partial charge is 0.339 e. The zero-order valence-electron chi connectivity index (χ0n) is 17.0. The summed E-state index contributed by atoms with van der Waals surface area (Å²) >= 11 is 0. The van der Waals surface area contributed by atoms with Gasteiger partial charge in [-0.2, -0.15) is 0 Å². The second-order valence-corrected chi connectivity index (χ2v) is 6.17. The van der Waals surface area contributed by atoms with E-state index in [1.807, 2.05) is 13.8 Å². The van der Waals surface area contributed by atoms with Crippen molar-refractivity contribution < 1.29 is 33.6 Å². The van der Waals surface area contributed by atoms with Gasteiger partial charge < -0.3 is 24.6 Å². The number of rotatable bonds is 9. The van der Waals surface area contributed by atoms with E-state index in [0.29, 0.717) is 18.0 Å². The number of carbonyl (C=O) groups is 4. The van der Waals surface area contributed by atoms with Crippen LogP contribution in [0.1, 0.15) is 34.6 Å². The monoisotopic (exact) mass is 394 g/mol. The summed E-state index contributed by atoms with van der Waals surface area (Å²) in [6.07, 6.45) is 0. The Morgan fingerprint density at radius 3 is 2.14 bits per heavy atom. The van der Waals surface area contributed by atoms with Crippen molar-refractivity contribution in [2.24, 2.45) is 0 Å². The van der Waals surface area contributed by atoms with Gasteiger partial charge in [0.1, 0.15) is 0 Å². The molecule has 0 aromatic heterocycles. The third kappa shape index (κ3) is 6.34. The highest BCUT2D eigenvalue weighted by Gasteiger charge is 2.21. The highest BCUT2D eigenvalue weighted by atomic mass is 16.5. The summed E-state index contributed by atoms with van der Waals surface area (Å²) < 4.78 is 9.37. The highest BCUT2D eigenvalue weighted by molar-refractivity contribution is 6.03. The van der Waals surface area contributed by atoms with Gasteiger partial charge in [0.2, 0.25) is 0 Å². The summed E-state index contributed by atoms with van der Waals surface area (Å²) in [4.78, 5) is 50.6. The zero-order valence-corrected chi connectivity index (χ0v) is 17.0. The topological polar surface area (TPSA) is 106 Å². The van der Waals surface area contributed by atoms with E-state index in [4.69, 9.17) is 4.74 Å². The van der Waals surface area contributed by atoms with Crippen molar-refractivity contribution in [1.29, 1.82) is 0 Å². The Labute approximate surface area is 164 Å². The molecule has 0 saturated carbocycles. The van der Waals surface area contributed by atoms with E-state index in [9.17, 15) is 19.2 Å². The van der Waals surface area contributed by atoms with Gasteiger partial charge in [0, 0.05) is 13.1 Å². The van der Waals surface area contributed by atoms with Crippen LogP contribution in [0.15, 0.2) is 18.2 Å². The SMILES string of the molecule is CCN(CC)C(=O)C[NH+](C)CC(=O)Nc1cc(C(=O)OC)ccc1C(=O)OC. The lowest BCUT2D eigenvalue weighted by Crippen LogP contribution is -3.11. The second kappa shape index (κ2) is 11.0. The molecule has 1 unspecified atom stereocenters. The third-order valence-corrected chi connectivity index (χ3v) is 4.15. The lowest BCUT2D eigenvalue weighted by atomic mass is 10.1. The molecule has 1 aromatic rings. The number of nitrogens with one attached hydrogen (secondary N) is 2. The molecule has 28 heavy (non-hydrogen) atoms. The van der Waals surface area contributed by atoms with Crippen LogP contribution in [0.4, 0.5) is 5.69 Å². The standard InChI is InChI=1S/C19H27N3O6/c1-6-22(7-2)17(24)12-21(3)11-16(23)20-15-10-13(18(25)27-4)8-9-14(15)19(26)28-5/h8-10H,6-7,11-12H2,1-5H3,(H,20,23)/p+1. The Morgan fingerprint density at radius 2 is 1.61 bits per heavy atom. The van der Waals surface area contributed by atoms with Crippen molar-refractivity contribution in [3.05, 3.63) is 29.3 Å². The van der Waals surface area contributed by atoms with Crippen LogP contribution in [0.3, 0.4) is 0 Å². The molecule has 0 fully saturated rings. The van der Waals surface area contributed by atoms with E-state index >= 15 is 0 Å². The van der Waals surface area contributed by atoms with Crippen molar-refractivity contribution in [2.75, 3.05) is 52.8 Å². The Balaban J connectivity index is 2.90. The lowest BCUT2D eigenvalue weighted by Gasteiger charge is -2.21. The minimum absolute atomic E-state index is 0.00999. The van der Waals surface area contributed by atoms with Gasteiger partial charge in [0.05, 0.1) is 38.1 Å². The highest BCUT2D eigenvalue weighted by Crippen LogP contribution is 2.19. The number of nitrogens with zero attached hydrogens (tertiary/aromatic N) is 1. The number of amides is 2. The van der Waals surface area contributed by atoms with Gasteiger partial charge in [-0.1, -0.05) is 0 Å². The second-order valence-electron chi connectivity index (χ2n) is 6.17. The molecule has 1 rings (SSSR count). The van der Waals surface area contributed by atoms with Gasteiger partial charge in [-0.25, -0.2) is 9.59 Å². The summed E-state index contributed by atoms with van der Waals surface area (Å²) in [5, 5.41) is 2.61. The molecule has 0 spiro atoms. The Morgan fingerprint density at radius 1 is 1.00 bits per heavy atom. The van der Waals surface area contributed by atoms with Crippen LogP contribution in [-0.2, 0) is 19.1 Å². The Bertz CT molecular complexity index is 730. The molecule has 2 N–H and O–H groups in total. The van der Waals surface area contributed by atoms with Gasteiger partial charge in [-0.15, -0.1) is 0 Å². The molecule has 2 amide bonds. The number of esters is 2. The van der Waals surface area contributed by atoms with Crippen molar-refractivity contribution in [3.63, 3.8) is 0 Å². The molecule has 0 aliphatic heterocycles. The van der Waals surface area contributed by atoms with E-state index in [-0.39, 0.29) is 35.8 Å². The first-order chi connectivity index (χ1) is 13.3. The average Bonchev–Trinajstić information content (AvgIpc) is 2.67. The largest absolute Gasteiger partial charge is 0.465 e. The first-order valence-electron chi connectivity index (χ1n) is 8.96. The van der Waals surface area contributed by atoms with E-state index < -0.39 is 17.8 Å². The lowest BCUT2D eigenvalue weighted by molar-refractivity contribution is -0.862. The van der Waals surface area contributed by atoms with Crippen LogP contribution in [0, 0.1) is 0 Å². The number of quaternary nitrogens is 1. The van der Waals surface area contributed by atoms with E-state index in [1.54, 1.807) is 11.9 Å². The molecule has 0 radical (unpaired) electrons. The molecule has 1 aromatic carbocycles. The van der Waals surface area contributed by atoms with Crippen LogP contribution >= 0.6 is 0 Å². The molecular weight excluding hydrogens is 366 g/mol. The number of ether oxygens (including phenoxy) is 2. The van der Waals surface area contributed by atoms with Crippen LogP contribution in [-0.4, -0.2) is 76.1 Å². The van der Waals surface area contributed by atoms with Crippen LogP contribution < -0.4 is 10.2 Å². The number of hydrogen-bond donors (Lipinski definition) is 2. The minimum atomic E-state index is -0.649. The van der Waals surface area contributed by atoms with Crippen LogP contribution in [0.5, 0.6) is 0 Å². The summed E-state index contributed by atoms with van der Waals surface area (Å²) in [7, 11) is 4.19. The fourth-order valence-corrected chi connectivity index (χ4v) is 2.66. The van der Waals surface area contributed by atoms with E-state index in [1.165, 1.54) is 32.4 Å². The predicted octanol–water partition coefficient (Wildman–Crippen LogP) is -0.419. The molecule has 154 valence electrons. The summed E-state index contributed by atoms with van der Waals surface area (Å²) in [5.74, 6) is -1.70. The number of carbonyl (C=O) groups excluding carboxylic acids is 4. The fourth-order valence-electron chi connectivity index (χ4n) is 2.66. The zero-order chi connectivity index (χ0) is 21.3. The number of benzene rings is 1. The number of likely N-dealkylation sites (N-methyl/N-ethyl adjacent to an activating group) is 2. The normalized spacial score (nSPS) is 11.3. The molecule has 9 nitrogen and oxygen atoms in total. The molecule has 0 aliphatic rings.